The third-order valence-electron chi connectivity index (χ3n) is 4.18. The van der Waals surface area contributed by atoms with E-state index in [9.17, 15) is 4.79 Å². The quantitative estimate of drug-likeness (QED) is 0.807. The van der Waals surface area contributed by atoms with E-state index in [0.717, 1.165) is 36.5 Å². The van der Waals surface area contributed by atoms with Crippen molar-refractivity contribution in [3.05, 3.63) is 29.2 Å². The first-order chi connectivity index (χ1) is 10.0. The van der Waals surface area contributed by atoms with Crippen LogP contribution >= 0.6 is 0 Å². The summed E-state index contributed by atoms with van der Waals surface area (Å²) in [5, 5.41) is 1.20. The summed E-state index contributed by atoms with van der Waals surface area (Å²) < 4.78 is 7.73. The molecule has 112 valence electrons. The molecule has 3 heterocycles. The van der Waals surface area contributed by atoms with Gasteiger partial charge in [0.1, 0.15) is 6.10 Å². The Hall–Kier alpha value is -1.84. The van der Waals surface area contributed by atoms with Gasteiger partial charge in [0, 0.05) is 31.0 Å². The maximum Gasteiger partial charge on any atom is 0.303 e. The van der Waals surface area contributed by atoms with Crippen LogP contribution in [0.3, 0.4) is 0 Å². The van der Waals surface area contributed by atoms with Gasteiger partial charge in [0.05, 0.1) is 16.9 Å². The standard InChI is InChI=1S/C17H22N2O2/c1-5-12-8-14-13(17(18-12)10(2)3)9-15-16(21-11(4)20)6-7-19(14)15/h8-10,16H,5-7H2,1-4H3. The highest BCUT2D eigenvalue weighted by atomic mass is 16.5. The monoisotopic (exact) mass is 286 g/mol. The van der Waals surface area contributed by atoms with Gasteiger partial charge in [0.15, 0.2) is 0 Å². The second-order valence-corrected chi connectivity index (χ2v) is 6.05. The zero-order chi connectivity index (χ0) is 15.1. The first-order valence-electron chi connectivity index (χ1n) is 7.71. The van der Waals surface area contributed by atoms with Gasteiger partial charge in [-0.25, -0.2) is 0 Å². The molecule has 0 saturated heterocycles. The van der Waals surface area contributed by atoms with Crippen molar-refractivity contribution in [2.24, 2.45) is 0 Å². The number of ether oxygens (including phenoxy) is 1. The molecule has 1 unspecified atom stereocenters. The van der Waals surface area contributed by atoms with E-state index in [1.54, 1.807) is 0 Å². The van der Waals surface area contributed by atoms with Gasteiger partial charge in [-0.2, -0.15) is 0 Å². The number of carbonyl (C=O) groups excluding carboxylic acids is 1. The Morgan fingerprint density at radius 3 is 2.86 bits per heavy atom. The van der Waals surface area contributed by atoms with E-state index in [1.165, 1.54) is 17.8 Å². The molecule has 0 N–H and O–H groups in total. The number of nitrogens with zero attached hydrogens (tertiary/aromatic N) is 2. The summed E-state index contributed by atoms with van der Waals surface area (Å²) in [5.41, 5.74) is 4.61. The summed E-state index contributed by atoms with van der Waals surface area (Å²) >= 11 is 0. The molecule has 1 aliphatic heterocycles. The number of carbonyl (C=O) groups is 1. The Labute approximate surface area is 125 Å². The SMILES string of the molecule is CCc1cc2c(cc3n2CCC3OC(C)=O)c(C(C)C)n1. The highest BCUT2D eigenvalue weighted by molar-refractivity contribution is 5.85. The third kappa shape index (κ3) is 2.33. The summed E-state index contributed by atoms with van der Waals surface area (Å²) in [5.74, 6) is 0.171. The molecule has 1 atom stereocenters. The minimum atomic E-state index is -0.213. The Morgan fingerprint density at radius 1 is 1.48 bits per heavy atom. The molecule has 0 fully saturated rings. The molecule has 0 radical (unpaired) electrons. The van der Waals surface area contributed by atoms with Gasteiger partial charge in [-0.15, -0.1) is 0 Å². The zero-order valence-electron chi connectivity index (χ0n) is 13.1. The van der Waals surface area contributed by atoms with Crippen molar-refractivity contribution in [1.29, 1.82) is 0 Å². The van der Waals surface area contributed by atoms with Crippen molar-refractivity contribution in [2.45, 2.75) is 59.1 Å². The molecule has 2 aromatic heterocycles. The van der Waals surface area contributed by atoms with Crippen LogP contribution in [-0.2, 0) is 22.5 Å². The van der Waals surface area contributed by atoms with Gasteiger partial charge in [-0.3, -0.25) is 9.78 Å². The highest BCUT2D eigenvalue weighted by Gasteiger charge is 2.28. The Kier molecular flexibility index (Phi) is 3.47. The van der Waals surface area contributed by atoms with Gasteiger partial charge in [0.25, 0.3) is 0 Å². The molecule has 4 nitrogen and oxygen atoms in total. The smallest absolute Gasteiger partial charge is 0.303 e. The molecular weight excluding hydrogens is 264 g/mol. The normalized spacial score (nSPS) is 17.5. The topological polar surface area (TPSA) is 44.1 Å². The van der Waals surface area contributed by atoms with Crippen LogP contribution in [0.5, 0.6) is 0 Å². The van der Waals surface area contributed by atoms with Crippen LogP contribution in [-0.4, -0.2) is 15.5 Å². The summed E-state index contributed by atoms with van der Waals surface area (Å²) in [6.07, 6.45) is 1.69. The maximum absolute atomic E-state index is 11.3. The predicted octanol–water partition coefficient (Wildman–Crippen LogP) is 3.73. The molecule has 0 saturated carbocycles. The van der Waals surface area contributed by atoms with E-state index < -0.39 is 0 Å². The van der Waals surface area contributed by atoms with E-state index in [-0.39, 0.29) is 12.1 Å². The van der Waals surface area contributed by atoms with Crippen molar-refractivity contribution in [1.82, 2.24) is 9.55 Å². The molecule has 0 aromatic carbocycles. The zero-order valence-corrected chi connectivity index (χ0v) is 13.1. The van der Waals surface area contributed by atoms with E-state index in [1.807, 2.05) is 0 Å². The largest absolute Gasteiger partial charge is 0.456 e. The van der Waals surface area contributed by atoms with Gasteiger partial charge >= 0.3 is 5.97 Å². The Morgan fingerprint density at radius 2 is 2.24 bits per heavy atom. The maximum atomic E-state index is 11.3. The minimum Gasteiger partial charge on any atom is -0.456 e. The lowest BCUT2D eigenvalue weighted by molar-refractivity contribution is -0.146. The number of esters is 1. The van der Waals surface area contributed by atoms with Crippen LogP contribution in [0.25, 0.3) is 10.9 Å². The molecular formula is C17H22N2O2. The van der Waals surface area contributed by atoms with Crippen molar-refractivity contribution < 1.29 is 9.53 Å². The van der Waals surface area contributed by atoms with E-state index in [4.69, 9.17) is 9.72 Å². The Bertz CT molecular complexity index is 700. The first-order valence-corrected chi connectivity index (χ1v) is 7.71. The number of fused-ring (bicyclic) bond motifs is 3. The van der Waals surface area contributed by atoms with Gasteiger partial charge in [-0.05, 0) is 24.5 Å². The van der Waals surface area contributed by atoms with Crippen molar-refractivity contribution >= 4 is 16.9 Å². The minimum absolute atomic E-state index is 0.111. The van der Waals surface area contributed by atoms with Crippen molar-refractivity contribution in [2.75, 3.05) is 0 Å². The summed E-state index contributed by atoms with van der Waals surface area (Å²) in [6.45, 7) is 8.86. The molecule has 0 aliphatic carbocycles. The molecule has 0 bridgehead atoms. The second-order valence-electron chi connectivity index (χ2n) is 6.05. The van der Waals surface area contributed by atoms with Crippen LogP contribution in [0.4, 0.5) is 0 Å². The average Bonchev–Trinajstić information content (AvgIpc) is 2.97. The molecule has 1 aliphatic rings. The van der Waals surface area contributed by atoms with Crippen LogP contribution in [0.15, 0.2) is 12.1 Å². The van der Waals surface area contributed by atoms with E-state index in [0.29, 0.717) is 5.92 Å². The molecule has 0 amide bonds. The van der Waals surface area contributed by atoms with Crippen LogP contribution in [0.2, 0.25) is 0 Å². The fraction of sp³-hybridized carbons (Fsp3) is 0.529. The van der Waals surface area contributed by atoms with Crippen LogP contribution in [0.1, 0.15) is 63.2 Å². The molecule has 4 heteroatoms. The molecule has 2 aromatic rings. The van der Waals surface area contributed by atoms with Gasteiger partial charge in [-0.1, -0.05) is 20.8 Å². The number of hydrogen-bond acceptors (Lipinski definition) is 3. The summed E-state index contributed by atoms with van der Waals surface area (Å²) in [6, 6.07) is 4.35. The summed E-state index contributed by atoms with van der Waals surface area (Å²) in [4.78, 5) is 16.1. The molecule has 21 heavy (non-hydrogen) atoms. The second kappa shape index (κ2) is 5.17. The van der Waals surface area contributed by atoms with Gasteiger partial charge < -0.3 is 9.30 Å². The lowest BCUT2D eigenvalue weighted by Gasteiger charge is -2.10. The predicted molar refractivity (Wildman–Crippen MR) is 82.3 cm³/mol. The van der Waals surface area contributed by atoms with Crippen molar-refractivity contribution in [3.63, 3.8) is 0 Å². The van der Waals surface area contributed by atoms with Crippen molar-refractivity contribution in [3.8, 4) is 0 Å². The molecule has 0 spiro atoms. The average molecular weight is 286 g/mol. The van der Waals surface area contributed by atoms with Crippen LogP contribution < -0.4 is 0 Å². The summed E-state index contributed by atoms with van der Waals surface area (Å²) in [7, 11) is 0. The molecule has 3 rings (SSSR count). The first kappa shape index (κ1) is 14.1. The lowest BCUT2D eigenvalue weighted by Crippen LogP contribution is -2.04. The number of aryl methyl sites for hydroxylation is 2. The number of hydrogen-bond donors (Lipinski definition) is 0. The fourth-order valence-corrected chi connectivity index (χ4v) is 3.20. The number of pyridine rings is 1. The van der Waals surface area contributed by atoms with E-state index in [2.05, 4.69) is 37.5 Å². The fourth-order valence-electron chi connectivity index (χ4n) is 3.20. The number of aromatic nitrogens is 2. The van der Waals surface area contributed by atoms with Crippen LogP contribution in [0, 0.1) is 0 Å². The van der Waals surface area contributed by atoms with E-state index >= 15 is 0 Å². The number of rotatable bonds is 3. The lowest BCUT2D eigenvalue weighted by atomic mass is 10.0. The third-order valence-corrected chi connectivity index (χ3v) is 4.18. The highest BCUT2D eigenvalue weighted by Crippen LogP contribution is 2.37. The van der Waals surface area contributed by atoms with Gasteiger partial charge in [0.2, 0.25) is 0 Å². The Balaban J connectivity index is 2.17.